The van der Waals surface area contributed by atoms with Crippen LogP contribution in [0.1, 0.15) is 18.4 Å². The highest BCUT2D eigenvalue weighted by Crippen LogP contribution is 2.22. The predicted molar refractivity (Wildman–Crippen MR) is 74.9 cm³/mol. The Hall–Kier alpha value is -1.75. The van der Waals surface area contributed by atoms with Crippen molar-refractivity contribution in [1.29, 1.82) is 0 Å². The summed E-state index contributed by atoms with van der Waals surface area (Å²) in [6.07, 6.45) is 1.60. The van der Waals surface area contributed by atoms with Crippen LogP contribution in [0.4, 0.5) is 0 Å². The third-order valence-electron chi connectivity index (χ3n) is 3.47. The van der Waals surface area contributed by atoms with Gasteiger partial charge in [0.15, 0.2) is 0 Å². The molecule has 1 heterocycles. The third kappa shape index (κ3) is 3.87. The average Bonchev–Trinajstić information content (AvgIpc) is 2.53. The molecule has 0 radical (unpaired) electrons. The molecule has 0 bridgehead atoms. The molecule has 5 heteroatoms. The molecule has 0 spiro atoms. The monoisotopic (exact) mass is 279 g/mol. The zero-order valence-electron chi connectivity index (χ0n) is 12.0. The van der Waals surface area contributed by atoms with Gasteiger partial charge in [0.1, 0.15) is 11.5 Å². The Bertz CT molecular complexity index is 433. The van der Waals surface area contributed by atoms with Crippen molar-refractivity contribution in [3.05, 3.63) is 23.8 Å². The zero-order chi connectivity index (χ0) is 14.4. The maximum absolute atomic E-state index is 12.1. The van der Waals surface area contributed by atoms with Crippen LogP contribution in [0.5, 0.6) is 11.5 Å². The lowest BCUT2D eigenvalue weighted by Gasteiger charge is -2.21. The Balaban J connectivity index is 1.94. The Labute approximate surface area is 119 Å². The van der Waals surface area contributed by atoms with E-state index in [1.165, 1.54) is 0 Å². The van der Waals surface area contributed by atoms with Gasteiger partial charge in [-0.2, -0.15) is 0 Å². The van der Waals surface area contributed by atoms with Crippen LogP contribution < -0.4 is 14.8 Å². The van der Waals surface area contributed by atoms with Gasteiger partial charge in [-0.1, -0.05) is 0 Å². The Morgan fingerprint density at radius 2 is 1.80 bits per heavy atom. The lowest BCUT2D eigenvalue weighted by molar-refractivity contribution is -0.128. The van der Waals surface area contributed by atoms with E-state index in [9.17, 15) is 4.79 Å². The first-order valence-electron chi connectivity index (χ1n) is 6.80. The van der Waals surface area contributed by atoms with Crippen molar-refractivity contribution >= 4 is 5.91 Å². The van der Waals surface area contributed by atoms with E-state index in [1.807, 2.05) is 18.2 Å². The molecule has 1 saturated heterocycles. The SMILES string of the molecule is COc1cc(CNC(=O)C2CCOCC2)cc(OC)c1. The maximum Gasteiger partial charge on any atom is 0.223 e. The van der Waals surface area contributed by atoms with Crippen LogP contribution in [0.15, 0.2) is 18.2 Å². The van der Waals surface area contributed by atoms with Crippen molar-refractivity contribution in [2.24, 2.45) is 5.92 Å². The van der Waals surface area contributed by atoms with Crippen molar-refractivity contribution in [2.45, 2.75) is 19.4 Å². The molecule has 0 atom stereocenters. The predicted octanol–water partition coefficient (Wildman–Crippen LogP) is 1.75. The largest absolute Gasteiger partial charge is 0.497 e. The van der Waals surface area contributed by atoms with E-state index < -0.39 is 0 Å². The molecule has 110 valence electrons. The summed E-state index contributed by atoms with van der Waals surface area (Å²) in [5, 5.41) is 2.97. The second-order valence-electron chi connectivity index (χ2n) is 4.83. The van der Waals surface area contributed by atoms with Crippen LogP contribution in [0.2, 0.25) is 0 Å². The molecule has 1 fully saturated rings. The van der Waals surface area contributed by atoms with Crippen molar-refractivity contribution in [3.8, 4) is 11.5 Å². The number of rotatable bonds is 5. The lowest BCUT2D eigenvalue weighted by atomic mass is 9.99. The van der Waals surface area contributed by atoms with Crippen LogP contribution in [0.25, 0.3) is 0 Å². The standard InChI is InChI=1S/C15H21NO4/c1-18-13-7-11(8-14(9-13)19-2)10-16-15(17)12-3-5-20-6-4-12/h7-9,12H,3-6,10H2,1-2H3,(H,16,17). The zero-order valence-corrected chi connectivity index (χ0v) is 12.0. The topological polar surface area (TPSA) is 56.8 Å². The van der Waals surface area contributed by atoms with Gasteiger partial charge in [0, 0.05) is 31.7 Å². The van der Waals surface area contributed by atoms with Crippen molar-refractivity contribution < 1.29 is 19.0 Å². The van der Waals surface area contributed by atoms with E-state index in [0.717, 1.165) is 29.9 Å². The number of hydrogen-bond donors (Lipinski definition) is 1. The summed E-state index contributed by atoms with van der Waals surface area (Å²) in [6, 6.07) is 5.60. The van der Waals surface area contributed by atoms with E-state index in [1.54, 1.807) is 14.2 Å². The number of carbonyl (C=O) groups is 1. The first kappa shape index (κ1) is 14.7. The van der Waals surface area contributed by atoms with Crippen LogP contribution in [-0.4, -0.2) is 33.3 Å². The summed E-state index contributed by atoms with van der Waals surface area (Å²) in [5.74, 6) is 1.60. The lowest BCUT2D eigenvalue weighted by Crippen LogP contribution is -2.33. The summed E-state index contributed by atoms with van der Waals surface area (Å²) >= 11 is 0. The molecule has 1 aliphatic rings. The summed E-state index contributed by atoms with van der Waals surface area (Å²) in [6.45, 7) is 1.82. The molecule has 0 aromatic heterocycles. The van der Waals surface area contributed by atoms with E-state index in [0.29, 0.717) is 19.8 Å². The average molecular weight is 279 g/mol. The quantitative estimate of drug-likeness (QED) is 0.892. The fourth-order valence-electron chi connectivity index (χ4n) is 2.26. The van der Waals surface area contributed by atoms with Gasteiger partial charge in [0.05, 0.1) is 14.2 Å². The van der Waals surface area contributed by atoms with Crippen molar-refractivity contribution in [3.63, 3.8) is 0 Å². The van der Waals surface area contributed by atoms with Gasteiger partial charge in [-0.3, -0.25) is 4.79 Å². The molecule has 0 unspecified atom stereocenters. The molecular formula is C15H21NO4. The second-order valence-corrected chi connectivity index (χ2v) is 4.83. The van der Waals surface area contributed by atoms with Gasteiger partial charge in [-0.25, -0.2) is 0 Å². The summed E-state index contributed by atoms with van der Waals surface area (Å²) < 4.78 is 15.7. The number of amides is 1. The smallest absolute Gasteiger partial charge is 0.223 e. The summed E-state index contributed by atoms with van der Waals surface area (Å²) in [4.78, 5) is 12.1. The van der Waals surface area contributed by atoms with Crippen LogP contribution >= 0.6 is 0 Å². The molecule has 1 aromatic carbocycles. The first-order valence-corrected chi connectivity index (χ1v) is 6.80. The molecule has 0 aliphatic carbocycles. The highest BCUT2D eigenvalue weighted by atomic mass is 16.5. The van der Waals surface area contributed by atoms with Gasteiger partial charge < -0.3 is 19.5 Å². The van der Waals surface area contributed by atoms with Gasteiger partial charge in [-0.15, -0.1) is 0 Å². The molecule has 1 N–H and O–H groups in total. The molecular weight excluding hydrogens is 258 g/mol. The number of hydrogen-bond acceptors (Lipinski definition) is 4. The first-order chi connectivity index (χ1) is 9.72. The highest BCUT2D eigenvalue weighted by Gasteiger charge is 2.21. The van der Waals surface area contributed by atoms with Crippen molar-refractivity contribution in [1.82, 2.24) is 5.32 Å². The fourth-order valence-corrected chi connectivity index (χ4v) is 2.26. The minimum Gasteiger partial charge on any atom is -0.497 e. The Morgan fingerprint density at radius 3 is 2.35 bits per heavy atom. The second kappa shape index (κ2) is 7.14. The molecule has 1 aliphatic heterocycles. The van der Waals surface area contributed by atoms with Gasteiger partial charge in [0.25, 0.3) is 0 Å². The van der Waals surface area contributed by atoms with E-state index >= 15 is 0 Å². The van der Waals surface area contributed by atoms with E-state index in [2.05, 4.69) is 5.32 Å². The van der Waals surface area contributed by atoms with Crippen LogP contribution in [0.3, 0.4) is 0 Å². The van der Waals surface area contributed by atoms with Crippen LogP contribution in [0, 0.1) is 5.92 Å². The third-order valence-corrected chi connectivity index (χ3v) is 3.47. The molecule has 20 heavy (non-hydrogen) atoms. The van der Waals surface area contributed by atoms with Gasteiger partial charge in [-0.05, 0) is 30.5 Å². The molecule has 2 rings (SSSR count). The molecule has 5 nitrogen and oxygen atoms in total. The molecule has 1 amide bonds. The summed E-state index contributed by atoms with van der Waals surface area (Å²) in [5.41, 5.74) is 0.960. The number of methoxy groups -OCH3 is 2. The normalized spacial score (nSPS) is 15.7. The van der Waals surface area contributed by atoms with Crippen LogP contribution in [-0.2, 0) is 16.1 Å². The van der Waals surface area contributed by atoms with E-state index in [-0.39, 0.29) is 11.8 Å². The Morgan fingerprint density at radius 1 is 1.20 bits per heavy atom. The number of benzene rings is 1. The Kier molecular flexibility index (Phi) is 5.24. The highest BCUT2D eigenvalue weighted by molar-refractivity contribution is 5.78. The van der Waals surface area contributed by atoms with Gasteiger partial charge in [0.2, 0.25) is 5.91 Å². The van der Waals surface area contributed by atoms with Gasteiger partial charge >= 0.3 is 0 Å². The maximum atomic E-state index is 12.1. The number of ether oxygens (including phenoxy) is 3. The number of carbonyl (C=O) groups excluding carboxylic acids is 1. The minimum atomic E-state index is 0.0660. The number of nitrogens with one attached hydrogen (secondary N) is 1. The van der Waals surface area contributed by atoms with Crippen molar-refractivity contribution in [2.75, 3.05) is 27.4 Å². The molecule has 1 aromatic rings. The fraction of sp³-hybridized carbons (Fsp3) is 0.533. The minimum absolute atomic E-state index is 0.0660. The molecule has 0 saturated carbocycles. The van der Waals surface area contributed by atoms with E-state index in [4.69, 9.17) is 14.2 Å². The summed E-state index contributed by atoms with van der Waals surface area (Å²) in [7, 11) is 3.22.